The SMILES string of the molecule is CCn1nc(-c2ccc(O)cc2)ccc1=O. The summed E-state index contributed by atoms with van der Waals surface area (Å²) in [5, 5.41) is 13.4. The minimum absolute atomic E-state index is 0.106. The second-order valence-corrected chi connectivity index (χ2v) is 3.42. The zero-order chi connectivity index (χ0) is 11.5. The molecule has 4 nitrogen and oxygen atoms in total. The van der Waals surface area contributed by atoms with Crippen LogP contribution in [0.5, 0.6) is 5.75 Å². The van der Waals surface area contributed by atoms with Crippen LogP contribution in [0.25, 0.3) is 11.3 Å². The summed E-state index contributed by atoms with van der Waals surface area (Å²) in [6.45, 7) is 2.42. The van der Waals surface area contributed by atoms with E-state index in [2.05, 4.69) is 5.10 Å². The van der Waals surface area contributed by atoms with Crippen molar-refractivity contribution in [2.45, 2.75) is 13.5 Å². The van der Waals surface area contributed by atoms with Gasteiger partial charge in [-0.3, -0.25) is 4.79 Å². The summed E-state index contributed by atoms with van der Waals surface area (Å²) >= 11 is 0. The van der Waals surface area contributed by atoms with Gasteiger partial charge in [0.25, 0.3) is 5.56 Å². The largest absolute Gasteiger partial charge is 0.508 e. The Morgan fingerprint density at radius 2 is 1.88 bits per heavy atom. The van der Waals surface area contributed by atoms with Crippen molar-refractivity contribution in [1.82, 2.24) is 9.78 Å². The predicted octanol–water partition coefficient (Wildman–Crippen LogP) is 1.64. The van der Waals surface area contributed by atoms with Crippen molar-refractivity contribution < 1.29 is 5.11 Å². The fourth-order valence-corrected chi connectivity index (χ4v) is 1.46. The second-order valence-electron chi connectivity index (χ2n) is 3.42. The molecule has 82 valence electrons. The van der Waals surface area contributed by atoms with Gasteiger partial charge in [0, 0.05) is 18.2 Å². The molecule has 0 saturated heterocycles. The van der Waals surface area contributed by atoms with Crippen molar-refractivity contribution in [2.24, 2.45) is 0 Å². The number of nitrogens with zero attached hydrogens (tertiary/aromatic N) is 2. The molecule has 4 heteroatoms. The third-order valence-electron chi connectivity index (χ3n) is 2.33. The molecule has 1 aromatic carbocycles. The first-order valence-electron chi connectivity index (χ1n) is 5.08. The van der Waals surface area contributed by atoms with E-state index in [0.29, 0.717) is 6.54 Å². The van der Waals surface area contributed by atoms with E-state index in [1.807, 2.05) is 6.92 Å². The highest BCUT2D eigenvalue weighted by Gasteiger charge is 2.01. The first-order valence-corrected chi connectivity index (χ1v) is 5.08. The molecule has 0 spiro atoms. The maximum atomic E-state index is 11.3. The van der Waals surface area contributed by atoms with Gasteiger partial charge < -0.3 is 5.11 Å². The number of rotatable bonds is 2. The van der Waals surface area contributed by atoms with Gasteiger partial charge >= 0.3 is 0 Å². The van der Waals surface area contributed by atoms with Gasteiger partial charge in [0.05, 0.1) is 5.69 Å². The minimum atomic E-state index is -0.106. The van der Waals surface area contributed by atoms with Crippen LogP contribution >= 0.6 is 0 Å². The maximum Gasteiger partial charge on any atom is 0.266 e. The number of aryl methyl sites for hydroxylation is 1. The fourth-order valence-electron chi connectivity index (χ4n) is 1.46. The molecular formula is C12H12N2O2. The second kappa shape index (κ2) is 4.18. The van der Waals surface area contributed by atoms with E-state index in [-0.39, 0.29) is 11.3 Å². The highest BCUT2D eigenvalue weighted by Crippen LogP contribution is 2.18. The molecule has 0 bridgehead atoms. The molecule has 2 aromatic rings. The molecule has 16 heavy (non-hydrogen) atoms. The molecule has 0 aliphatic carbocycles. The van der Waals surface area contributed by atoms with Crippen LogP contribution < -0.4 is 5.56 Å². The lowest BCUT2D eigenvalue weighted by Crippen LogP contribution is -2.20. The van der Waals surface area contributed by atoms with E-state index >= 15 is 0 Å². The van der Waals surface area contributed by atoms with Gasteiger partial charge in [0.2, 0.25) is 0 Å². The normalized spacial score (nSPS) is 10.3. The molecule has 0 aliphatic heterocycles. The number of phenols is 1. The van der Waals surface area contributed by atoms with Gasteiger partial charge in [-0.15, -0.1) is 0 Å². The molecule has 0 aliphatic rings. The standard InChI is InChI=1S/C12H12N2O2/c1-2-14-12(16)8-7-11(13-14)9-3-5-10(15)6-4-9/h3-8,15H,2H2,1H3. The number of hydrogen-bond donors (Lipinski definition) is 1. The monoisotopic (exact) mass is 216 g/mol. The van der Waals surface area contributed by atoms with E-state index < -0.39 is 0 Å². The molecule has 1 aromatic heterocycles. The number of benzene rings is 1. The smallest absolute Gasteiger partial charge is 0.266 e. The molecule has 0 unspecified atom stereocenters. The third kappa shape index (κ3) is 1.95. The average Bonchev–Trinajstić information content (AvgIpc) is 2.31. The van der Waals surface area contributed by atoms with Crippen molar-refractivity contribution in [1.29, 1.82) is 0 Å². The van der Waals surface area contributed by atoms with Crippen molar-refractivity contribution in [3.05, 3.63) is 46.8 Å². The molecule has 2 rings (SSSR count). The molecule has 0 radical (unpaired) electrons. The van der Waals surface area contributed by atoms with Crippen LogP contribution in [-0.2, 0) is 6.54 Å². The van der Waals surface area contributed by atoms with Crippen molar-refractivity contribution in [3.63, 3.8) is 0 Å². The summed E-state index contributed by atoms with van der Waals surface area (Å²) in [4.78, 5) is 11.3. The third-order valence-corrected chi connectivity index (χ3v) is 2.33. The highest BCUT2D eigenvalue weighted by molar-refractivity contribution is 5.59. The molecule has 1 heterocycles. The molecular weight excluding hydrogens is 204 g/mol. The Balaban J connectivity index is 2.48. The van der Waals surface area contributed by atoms with Gasteiger partial charge in [-0.25, -0.2) is 4.68 Å². The number of aromatic hydroxyl groups is 1. The van der Waals surface area contributed by atoms with Crippen LogP contribution in [0.4, 0.5) is 0 Å². The van der Waals surface area contributed by atoms with Crippen molar-refractivity contribution >= 4 is 0 Å². The van der Waals surface area contributed by atoms with E-state index in [9.17, 15) is 9.90 Å². The first kappa shape index (κ1) is 10.4. The van der Waals surface area contributed by atoms with Crippen LogP contribution in [0.15, 0.2) is 41.2 Å². The van der Waals surface area contributed by atoms with E-state index in [4.69, 9.17) is 0 Å². The Kier molecular flexibility index (Phi) is 2.72. The Labute approximate surface area is 92.8 Å². The minimum Gasteiger partial charge on any atom is -0.508 e. The number of aromatic nitrogens is 2. The topological polar surface area (TPSA) is 55.1 Å². The van der Waals surface area contributed by atoms with Gasteiger partial charge in [-0.05, 0) is 37.3 Å². The van der Waals surface area contributed by atoms with Crippen LogP contribution in [0.3, 0.4) is 0 Å². The summed E-state index contributed by atoms with van der Waals surface area (Å²) in [6.07, 6.45) is 0. The van der Waals surface area contributed by atoms with Crippen LogP contribution in [0.2, 0.25) is 0 Å². The van der Waals surface area contributed by atoms with Gasteiger partial charge in [-0.1, -0.05) is 0 Å². The lowest BCUT2D eigenvalue weighted by atomic mass is 10.1. The summed E-state index contributed by atoms with van der Waals surface area (Å²) < 4.78 is 1.40. The number of hydrogen-bond acceptors (Lipinski definition) is 3. The van der Waals surface area contributed by atoms with Gasteiger partial charge in [0.1, 0.15) is 5.75 Å². The first-order chi connectivity index (χ1) is 7.70. The van der Waals surface area contributed by atoms with Crippen molar-refractivity contribution in [3.8, 4) is 17.0 Å². The zero-order valence-electron chi connectivity index (χ0n) is 8.92. The van der Waals surface area contributed by atoms with E-state index in [1.54, 1.807) is 30.3 Å². The Hall–Kier alpha value is -2.10. The highest BCUT2D eigenvalue weighted by atomic mass is 16.3. The quantitative estimate of drug-likeness (QED) is 0.830. The van der Waals surface area contributed by atoms with E-state index in [0.717, 1.165) is 11.3 Å². The van der Waals surface area contributed by atoms with Crippen molar-refractivity contribution in [2.75, 3.05) is 0 Å². The molecule has 0 atom stereocenters. The molecule has 1 N–H and O–H groups in total. The van der Waals surface area contributed by atoms with E-state index in [1.165, 1.54) is 10.7 Å². The Morgan fingerprint density at radius 1 is 1.19 bits per heavy atom. The Bertz CT molecular complexity index is 544. The van der Waals surface area contributed by atoms with Crippen LogP contribution in [0, 0.1) is 0 Å². The maximum absolute atomic E-state index is 11.3. The van der Waals surface area contributed by atoms with Crippen LogP contribution in [0.1, 0.15) is 6.92 Å². The lowest BCUT2D eigenvalue weighted by Gasteiger charge is -2.04. The summed E-state index contributed by atoms with van der Waals surface area (Å²) in [5.74, 6) is 0.215. The van der Waals surface area contributed by atoms with Crippen LogP contribution in [-0.4, -0.2) is 14.9 Å². The lowest BCUT2D eigenvalue weighted by molar-refractivity contribution is 0.475. The number of phenolic OH excluding ortho intramolecular Hbond substituents is 1. The van der Waals surface area contributed by atoms with Gasteiger partial charge in [-0.2, -0.15) is 5.10 Å². The Morgan fingerprint density at radius 3 is 2.50 bits per heavy atom. The summed E-state index contributed by atoms with van der Waals surface area (Å²) in [7, 11) is 0. The fraction of sp³-hybridized carbons (Fsp3) is 0.167. The average molecular weight is 216 g/mol. The summed E-state index contributed by atoms with van der Waals surface area (Å²) in [6, 6.07) is 9.90. The zero-order valence-corrected chi connectivity index (χ0v) is 8.92. The predicted molar refractivity (Wildman–Crippen MR) is 61.3 cm³/mol. The van der Waals surface area contributed by atoms with Gasteiger partial charge in [0.15, 0.2) is 0 Å². The molecule has 0 fully saturated rings. The summed E-state index contributed by atoms with van der Waals surface area (Å²) in [5.41, 5.74) is 1.49. The molecule has 0 saturated carbocycles. The molecule has 0 amide bonds.